The number of rotatable bonds is 7. The minimum Gasteiger partial charge on any atom is -0.295 e. The van der Waals surface area contributed by atoms with Crippen LogP contribution < -0.4 is 0 Å². The number of unbranched alkanes of at least 4 members (excludes halogenated alkanes) is 3. The van der Waals surface area contributed by atoms with E-state index in [0.717, 1.165) is 5.56 Å². The van der Waals surface area contributed by atoms with Crippen LogP contribution >= 0.6 is 0 Å². The molecule has 0 radical (unpaired) electrons. The van der Waals surface area contributed by atoms with Crippen molar-refractivity contribution in [2.45, 2.75) is 52.9 Å². The van der Waals surface area contributed by atoms with Crippen LogP contribution in [-0.2, 0) is 6.42 Å². The quantitative estimate of drug-likeness (QED) is 0.453. The topological polar surface area (TPSA) is 17.1 Å². The fourth-order valence-corrected chi connectivity index (χ4v) is 2.85. The van der Waals surface area contributed by atoms with Crippen molar-refractivity contribution in [3.63, 3.8) is 0 Å². The number of ketones is 1. The Morgan fingerprint density at radius 2 is 1.68 bits per heavy atom. The molecule has 0 aliphatic rings. The van der Waals surface area contributed by atoms with Gasteiger partial charge in [-0.25, -0.2) is 0 Å². The van der Waals surface area contributed by atoms with Crippen LogP contribution in [0.15, 0.2) is 42.5 Å². The van der Waals surface area contributed by atoms with Crippen molar-refractivity contribution in [1.29, 1.82) is 0 Å². The lowest BCUT2D eigenvalue weighted by Crippen LogP contribution is -1.92. The molecule has 0 fully saturated rings. The van der Waals surface area contributed by atoms with E-state index in [1.165, 1.54) is 54.4 Å². The Bertz CT molecular complexity index is 623. The minimum absolute atomic E-state index is 0.116. The van der Waals surface area contributed by atoms with Crippen molar-refractivity contribution >= 4 is 5.78 Å². The normalized spacial score (nSPS) is 10.7. The number of aryl methyl sites for hydroxylation is 2. The molecule has 0 atom stereocenters. The van der Waals surface area contributed by atoms with E-state index >= 15 is 0 Å². The summed E-state index contributed by atoms with van der Waals surface area (Å²) in [6, 6.07) is 14.7. The third-order valence-electron chi connectivity index (χ3n) is 4.21. The van der Waals surface area contributed by atoms with Gasteiger partial charge in [-0.2, -0.15) is 0 Å². The number of hydrogen-bond acceptors (Lipinski definition) is 1. The third-order valence-corrected chi connectivity index (χ3v) is 4.21. The number of carbonyl (C=O) groups excluding carboxylic acids is 1. The summed E-state index contributed by atoms with van der Waals surface area (Å²) in [6.07, 6.45) is 6.39. The van der Waals surface area contributed by atoms with Gasteiger partial charge in [0.25, 0.3) is 0 Å². The molecule has 0 bridgehead atoms. The van der Waals surface area contributed by atoms with Gasteiger partial charge in [-0.3, -0.25) is 4.79 Å². The molecule has 0 N–H and O–H groups in total. The van der Waals surface area contributed by atoms with Crippen LogP contribution in [0.5, 0.6) is 0 Å². The lowest BCUT2D eigenvalue weighted by molar-refractivity contribution is 0.101. The van der Waals surface area contributed by atoms with E-state index in [4.69, 9.17) is 0 Å². The van der Waals surface area contributed by atoms with Crippen molar-refractivity contribution in [3.05, 3.63) is 59.2 Å². The van der Waals surface area contributed by atoms with Crippen molar-refractivity contribution in [2.24, 2.45) is 0 Å². The zero-order valence-corrected chi connectivity index (χ0v) is 14.0. The first kappa shape index (κ1) is 16.5. The van der Waals surface area contributed by atoms with Gasteiger partial charge in [-0.05, 0) is 48.9 Å². The second-order valence-electron chi connectivity index (χ2n) is 6.09. The highest BCUT2D eigenvalue weighted by molar-refractivity contribution is 5.94. The summed E-state index contributed by atoms with van der Waals surface area (Å²) in [5, 5.41) is 0. The third kappa shape index (κ3) is 4.30. The average Bonchev–Trinajstić information content (AvgIpc) is 2.52. The summed E-state index contributed by atoms with van der Waals surface area (Å²) in [5.41, 5.74) is 5.95. The summed E-state index contributed by atoms with van der Waals surface area (Å²) in [5.74, 6) is 0.116. The van der Waals surface area contributed by atoms with E-state index in [2.05, 4.69) is 32.0 Å². The molecule has 0 amide bonds. The number of carbonyl (C=O) groups is 1. The molecule has 1 nitrogen and oxygen atoms in total. The molecular formula is C21H26O. The van der Waals surface area contributed by atoms with Crippen molar-refractivity contribution in [2.75, 3.05) is 0 Å². The highest BCUT2D eigenvalue weighted by Gasteiger charge is 2.05. The molecule has 0 spiro atoms. The molecule has 22 heavy (non-hydrogen) atoms. The second kappa shape index (κ2) is 7.93. The molecule has 116 valence electrons. The minimum atomic E-state index is 0.116. The van der Waals surface area contributed by atoms with E-state index in [1.54, 1.807) is 6.92 Å². The Balaban J connectivity index is 2.10. The first-order valence-electron chi connectivity index (χ1n) is 8.32. The van der Waals surface area contributed by atoms with Crippen LogP contribution in [0.25, 0.3) is 11.1 Å². The first-order valence-corrected chi connectivity index (χ1v) is 8.32. The maximum Gasteiger partial charge on any atom is 0.159 e. The zero-order chi connectivity index (χ0) is 15.9. The van der Waals surface area contributed by atoms with E-state index in [9.17, 15) is 4.79 Å². The summed E-state index contributed by atoms with van der Waals surface area (Å²) >= 11 is 0. The number of Topliss-reactive ketones (excluding diaryl/α,β-unsaturated/α-hetero) is 1. The zero-order valence-electron chi connectivity index (χ0n) is 14.0. The molecular weight excluding hydrogens is 268 g/mol. The molecule has 2 aromatic carbocycles. The van der Waals surface area contributed by atoms with Gasteiger partial charge in [0, 0.05) is 5.56 Å². The maximum absolute atomic E-state index is 11.4. The molecule has 0 heterocycles. The van der Waals surface area contributed by atoms with Crippen molar-refractivity contribution < 1.29 is 4.79 Å². The van der Waals surface area contributed by atoms with E-state index in [-0.39, 0.29) is 5.78 Å². The standard InChI is InChI=1S/C21H26O/c1-4-5-6-7-8-18-9-14-21(16(2)15-18)20-12-10-19(11-13-20)17(3)22/h9-15H,4-8H2,1-3H3. The van der Waals surface area contributed by atoms with E-state index < -0.39 is 0 Å². The van der Waals surface area contributed by atoms with Crippen molar-refractivity contribution in [1.82, 2.24) is 0 Å². The van der Waals surface area contributed by atoms with Gasteiger partial charge >= 0.3 is 0 Å². The van der Waals surface area contributed by atoms with E-state index in [1.807, 2.05) is 24.3 Å². The Hall–Kier alpha value is -1.89. The lowest BCUT2D eigenvalue weighted by Gasteiger charge is -2.09. The van der Waals surface area contributed by atoms with Gasteiger partial charge in [0.1, 0.15) is 0 Å². The molecule has 2 rings (SSSR count). The SMILES string of the molecule is CCCCCCc1ccc(-c2ccc(C(C)=O)cc2)c(C)c1. The average molecular weight is 294 g/mol. The highest BCUT2D eigenvalue weighted by Crippen LogP contribution is 2.25. The molecule has 0 unspecified atom stereocenters. The molecule has 0 aromatic heterocycles. The molecule has 0 aliphatic carbocycles. The largest absolute Gasteiger partial charge is 0.295 e. The Morgan fingerprint density at radius 1 is 0.955 bits per heavy atom. The van der Waals surface area contributed by atoms with Gasteiger partial charge in [-0.1, -0.05) is 68.7 Å². The predicted octanol–water partition coefficient (Wildman–Crippen LogP) is 5.99. The van der Waals surface area contributed by atoms with Crippen LogP contribution in [0.4, 0.5) is 0 Å². The molecule has 1 heteroatoms. The lowest BCUT2D eigenvalue weighted by atomic mass is 9.95. The van der Waals surface area contributed by atoms with Crippen LogP contribution in [0.2, 0.25) is 0 Å². The Kier molecular flexibility index (Phi) is 5.94. The van der Waals surface area contributed by atoms with Crippen LogP contribution in [-0.4, -0.2) is 5.78 Å². The summed E-state index contributed by atoms with van der Waals surface area (Å²) < 4.78 is 0. The van der Waals surface area contributed by atoms with Gasteiger partial charge in [0.2, 0.25) is 0 Å². The Labute approximate surface area is 134 Å². The Morgan fingerprint density at radius 3 is 2.27 bits per heavy atom. The van der Waals surface area contributed by atoms with Crippen LogP contribution in [0, 0.1) is 6.92 Å². The molecule has 0 saturated heterocycles. The van der Waals surface area contributed by atoms with Crippen molar-refractivity contribution in [3.8, 4) is 11.1 Å². The van der Waals surface area contributed by atoms with Gasteiger partial charge in [0.15, 0.2) is 5.78 Å². The number of hydrogen-bond donors (Lipinski definition) is 0. The highest BCUT2D eigenvalue weighted by atomic mass is 16.1. The fraction of sp³-hybridized carbons (Fsp3) is 0.381. The van der Waals surface area contributed by atoms with E-state index in [0.29, 0.717) is 0 Å². The van der Waals surface area contributed by atoms with Crippen LogP contribution in [0.3, 0.4) is 0 Å². The predicted molar refractivity (Wildman–Crippen MR) is 94.5 cm³/mol. The first-order chi connectivity index (χ1) is 10.6. The smallest absolute Gasteiger partial charge is 0.159 e. The summed E-state index contributed by atoms with van der Waals surface area (Å²) in [4.78, 5) is 11.4. The molecule has 2 aromatic rings. The van der Waals surface area contributed by atoms with Gasteiger partial charge in [0.05, 0.1) is 0 Å². The monoisotopic (exact) mass is 294 g/mol. The summed E-state index contributed by atoms with van der Waals surface area (Å²) in [6.45, 7) is 6.02. The van der Waals surface area contributed by atoms with Crippen LogP contribution in [0.1, 0.15) is 61.0 Å². The van der Waals surface area contributed by atoms with Gasteiger partial charge in [-0.15, -0.1) is 0 Å². The molecule has 0 aliphatic heterocycles. The molecule has 0 saturated carbocycles. The van der Waals surface area contributed by atoms with Gasteiger partial charge < -0.3 is 0 Å². The maximum atomic E-state index is 11.4. The second-order valence-corrected chi connectivity index (χ2v) is 6.09. The number of benzene rings is 2. The summed E-state index contributed by atoms with van der Waals surface area (Å²) in [7, 11) is 0. The fourth-order valence-electron chi connectivity index (χ4n) is 2.85.